The number of alkyl halides is 4. The lowest BCUT2D eigenvalue weighted by molar-refractivity contribution is -0.144. The van der Waals surface area contributed by atoms with E-state index in [-0.39, 0.29) is 5.56 Å². The molecule has 0 aliphatic carbocycles. The summed E-state index contributed by atoms with van der Waals surface area (Å²) in [6.07, 6.45) is -3.76. The molecule has 0 spiro atoms. The van der Waals surface area contributed by atoms with Gasteiger partial charge in [0.05, 0.1) is 0 Å². The maximum absolute atomic E-state index is 13.0. The summed E-state index contributed by atoms with van der Waals surface area (Å²) in [6.45, 7) is 3.52. The van der Waals surface area contributed by atoms with Gasteiger partial charge in [0.15, 0.2) is 0 Å². The fourth-order valence-corrected chi connectivity index (χ4v) is 1.32. The van der Waals surface area contributed by atoms with Crippen LogP contribution in [0.25, 0.3) is 0 Å². The predicted molar refractivity (Wildman–Crippen MR) is 53.8 cm³/mol. The van der Waals surface area contributed by atoms with E-state index in [1.165, 1.54) is 12.1 Å². The van der Waals surface area contributed by atoms with Crippen LogP contribution in [0.1, 0.15) is 22.7 Å². The summed E-state index contributed by atoms with van der Waals surface area (Å²) in [7, 11) is 0. The number of rotatable bonds is 3. The second-order valence-corrected chi connectivity index (χ2v) is 3.80. The molecular weight excluding hydrogens is 222 g/mol. The van der Waals surface area contributed by atoms with Crippen molar-refractivity contribution in [2.45, 2.75) is 32.2 Å². The van der Waals surface area contributed by atoms with Gasteiger partial charge >= 0.3 is 12.3 Å². The van der Waals surface area contributed by atoms with Crippen molar-refractivity contribution in [2.75, 3.05) is 0 Å². The highest BCUT2D eigenvalue weighted by Crippen LogP contribution is 2.35. The Morgan fingerprint density at radius 2 is 1.69 bits per heavy atom. The van der Waals surface area contributed by atoms with Gasteiger partial charge in [-0.1, -0.05) is 18.2 Å². The van der Waals surface area contributed by atoms with Crippen LogP contribution < -0.4 is 5.73 Å². The number of halogens is 4. The lowest BCUT2D eigenvalue weighted by Crippen LogP contribution is -2.39. The van der Waals surface area contributed by atoms with Crippen LogP contribution in [0.4, 0.5) is 17.6 Å². The van der Waals surface area contributed by atoms with Gasteiger partial charge in [0.1, 0.15) is 6.04 Å². The largest absolute Gasteiger partial charge is 0.326 e. The molecular formula is C11H13F4N. The van der Waals surface area contributed by atoms with E-state index in [1.54, 1.807) is 19.9 Å². The average molecular weight is 235 g/mol. The smallest absolute Gasteiger partial charge is 0.319 e. The lowest BCUT2D eigenvalue weighted by atomic mass is 9.98. The van der Waals surface area contributed by atoms with E-state index in [2.05, 4.69) is 0 Å². The summed E-state index contributed by atoms with van der Waals surface area (Å²) in [5.41, 5.74) is 6.83. The van der Waals surface area contributed by atoms with Gasteiger partial charge in [-0.3, -0.25) is 0 Å². The normalized spacial score (nSPS) is 14.2. The third-order valence-electron chi connectivity index (χ3n) is 2.60. The van der Waals surface area contributed by atoms with E-state index in [1.807, 2.05) is 0 Å². The summed E-state index contributed by atoms with van der Waals surface area (Å²) < 4.78 is 50.2. The average Bonchev–Trinajstić information content (AvgIpc) is 2.20. The second-order valence-electron chi connectivity index (χ2n) is 3.80. The lowest BCUT2D eigenvalue weighted by Gasteiger charge is -2.23. The van der Waals surface area contributed by atoms with Gasteiger partial charge < -0.3 is 5.73 Å². The predicted octanol–water partition coefficient (Wildman–Crippen LogP) is 3.20. The van der Waals surface area contributed by atoms with Crippen molar-refractivity contribution < 1.29 is 17.6 Å². The van der Waals surface area contributed by atoms with Crippen LogP contribution in [-0.2, 0) is 0 Å². The Balaban J connectivity index is 3.05. The molecule has 0 saturated carbocycles. The molecule has 0 saturated heterocycles. The first kappa shape index (κ1) is 13.0. The molecule has 5 heteroatoms. The Morgan fingerprint density at radius 3 is 2.12 bits per heavy atom. The molecule has 16 heavy (non-hydrogen) atoms. The number of hydrogen-bond acceptors (Lipinski definition) is 1. The summed E-state index contributed by atoms with van der Waals surface area (Å²) in [5.74, 6) is -4.21. The summed E-state index contributed by atoms with van der Waals surface area (Å²) >= 11 is 0. The zero-order valence-electron chi connectivity index (χ0n) is 8.98. The number of aryl methyl sites for hydroxylation is 2. The third kappa shape index (κ3) is 2.35. The molecule has 0 radical (unpaired) electrons. The summed E-state index contributed by atoms with van der Waals surface area (Å²) in [4.78, 5) is 0. The molecule has 0 heterocycles. The van der Waals surface area contributed by atoms with Crippen molar-refractivity contribution in [3.05, 3.63) is 34.9 Å². The van der Waals surface area contributed by atoms with E-state index < -0.39 is 18.4 Å². The molecule has 1 rings (SSSR count). The van der Waals surface area contributed by atoms with Crippen LogP contribution >= 0.6 is 0 Å². The van der Waals surface area contributed by atoms with Crippen LogP contribution in [0.2, 0.25) is 0 Å². The second kappa shape index (κ2) is 4.41. The zero-order chi connectivity index (χ0) is 12.5. The van der Waals surface area contributed by atoms with Crippen LogP contribution in [-0.4, -0.2) is 12.3 Å². The molecule has 1 unspecified atom stereocenters. The van der Waals surface area contributed by atoms with Gasteiger partial charge in [-0.15, -0.1) is 0 Å². The SMILES string of the molecule is Cc1ccc(C(N)C(F)(F)C(F)F)cc1C. The van der Waals surface area contributed by atoms with E-state index in [0.29, 0.717) is 0 Å². The van der Waals surface area contributed by atoms with Crippen LogP contribution in [0.5, 0.6) is 0 Å². The minimum atomic E-state index is -4.21. The first-order chi connectivity index (χ1) is 7.26. The topological polar surface area (TPSA) is 26.0 Å². The molecule has 0 amide bonds. The Morgan fingerprint density at radius 1 is 1.12 bits per heavy atom. The fourth-order valence-electron chi connectivity index (χ4n) is 1.32. The third-order valence-corrected chi connectivity index (χ3v) is 2.60. The molecule has 0 aliphatic rings. The first-order valence-corrected chi connectivity index (χ1v) is 4.75. The quantitative estimate of drug-likeness (QED) is 0.800. The Kier molecular flexibility index (Phi) is 3.57. The zero-order valence-corrected chi connectivity index (χ0v) is 8.98. The van der Waals surface area contributed by atoms with Crippen LogP contribution in [0, 0.1) is 13.8 Å². The number of nitrogens with two attached hydrogens (primary N) is 1. The van der Waals surface area contributed by atoms with Gasteiger partial charge in [0.25, 0.3) is 0 Å². The van der Waals surface area contributed by atoms with Gasteiger partial charge in [-0.2, -0.15) is 8.78 Å². The Hall–Kier alpha value is -1.10. The van der Waals surface area contributed by atoms with Crippen molar-refractivity contribution in [1.82, 2.24) is 0 Å². The van der Waals surface area contributed by atoms with E-state index >= 15 is 0 Å². The molecule has 0 fully saturated rings. The van der Waals surface area contributed by atoms with Gasteiger partial charge in [-0.25, -0.2) is 8.78 Å². The highest BCUT2D eigenvalue weighted by Gasteiger charge is 2.47. The first-order valence-electron chi connectivity index (χ1n) is 4.75. The van der Waals surface area contributed by atoms with Crippen molar-refractivity contribution in [2.24, 2.45) is 5.73 Å². The van der Waals surface area contributed by atoms with Crippen LogP contribution in [0.3, 0.4) is 0 Å². The minimum absolute atomic E-state index is 0.0217. The highest BCUT2D eigenvalue weighted by atomic mass is 19.3. The Bertz CT molecular complexity index is 376. The van der Waals surface area contributed by atoms with Crippen LogP contribution in [0.15, 0.2) is 18.2 Å². The van der Waals surface area contributed by atoms with Crippen molar-refractivity contribution in [3.63, 3.8) is 0 Å². The summed E-state index contributed by atoms with van der Waals surface area (Å²) in [5, 5.41) is 0. The van der Waals surface area contributed by atoms with E-state index in [0.717, 1.165) is 11.1 Å². The maximum atomic E-state index is 13.0. The Labute approximate surface area is 91.3 Å². The van der Waals surface area contributed by atoms with Crippen molar-refractivity contribution in [1.29, 1.82) is 0 Å². The van der Waals surface area contributed by atoms with E-state index in [9.17, 15) is 17.6 Å². The maximum Gasteiger partial charge on any atom is 0.326 e. The monoisotopic (exact) mass is 235 g/mol. The molecule has 0 bridgehead atoms. The molecule has 1 aromatic rings. The molecule has 0 aliphatic heterocycles. The molecule has 1 aromatic carbocycles. The van der Waals surface area contributed by atoms with Crippen molar-refractivity contribution in [3.8, 4) is 0 Å². The van der Waals surface area contributed by atoms with Gasteiger partial charge in [0.2, 0.25) is 0 Å². The summed E-state index contributed by atoms with van der Waals surface area (Å²) in [6, 6.07) is 2.37. The fraction of sp³-hybridized carbons (Fsp3) is 0.455. The number of benzene rings is 1. The van der Waals surface area contributed by atoms with E-state index in [4.69, 9.17) is 5.73 Å². The standard InChI is InChI=1S/C11H13F4N/c1-6-3-4-8(5-7(6)2)9(16)11(14,15)10(12)13/h3-5,9-10H,16H2,1-2H3. The molecule has 1 atom stereocenters. The minimum Gasteiger partial charge on any atom is -0.319 e. The van der Waals surface area contributed by atoms with Gasteiger partial charge in [0, 0.05) is 0 Å². The molecule has 2 N–H and O–H groups in total. The molecule has 1 nitrogen and oxygen atoms in total. The number of hydrogen-bond donors (Lipinski definition) is 1. The highest BCUT2D eigenvalue weighted by molar-refractivity contribution is 5.32. The van der Waals surface area contributed by atoms with Crippen molar-refractivity contribution >= 4 is 0 Å². The molecule has 0 aromatic heterocycles. The molecule has 90 valence electrons. The van der Waals surface area contributed by atoms with Gasteiger partial charge in [-0.05, 0) is 30.5 Å².